The lowest BCUT2D eigenvalue weighted by Gasteiger charge is -2.33. The summed E-state index contributed by atoms with van der Waals surface area (Å²) < 4.78 is 0. The lowest BCUT2D eigenvalue weighted by atomic mass is 10.1. The van der Waals surface area contributed by atoms with Crippen LogP contribution in [0.1, 0.15) is 22.3 Å². The Bertz CT molecular complexity index is 1190. The van der Waals surface area contributed by atoms with Crippen LogP contribution < -0.4 is 10.2 Å². The first-order valence-electron chi connectivity index (χ1n) is 10.8. The van der Waals surface area contributed by atoms with Crippen molar-refractivity contribution in [3.63, 3.8) is 0 Å². The summed E-state index contributed by atoms with van der Waals surface area (Å²) in [7, 11) is 0. The number of amides is 3. The van der Waals surface area contributed by atoms with E-state index in [1.54, 1.807) is 16.7 Å². The zero-order valence-electron chi connectivity index (χ0n) is 18.2. The van der Waals surface area contributed by atoms with Crippen molar-refractivity contribution >= 4 is 35.1 Å². The van der Waals surface area contributed by atoms with Gasteiger partial charge in [-0.15, -0.1) is 11.8 Å². The van der Waals surface area contributed by atoms with Crippen LogP contribution in [-0.4, -0.2) is 29.1 Å². The maximum atomic E-state index is 14.0. The summed E-state index contributed by atoms with van der Waals surface area (Å²) in [5, 5.41) is 2.99. The van der Waals surface area contributed by atoms with Crippen molar-refractivity contribution in [1.29, 1.82) is 0 Å². The number of fused-ring (bicyclic) bond motifs is 2. The van der Waals surface area contributed by atoms with Gasteiger partial charge in [-0.3, -0.25) is 9.69 Å². The number of nitrogens with one attached hydrogen (secondary N) is 1. The first kappa shape index (κ1) is 20.6. The van der Waals surface area contributed by atoms with Crippen LogP contribution in [0.4, 0.5) is 16.2 Å². The number of nitrogens with zero attached hydrogens (tertiary/aromatic N) is 2. The molecule has 6 heteroatoms. The number of hydrogen-bond acceptors (Lipinski definition) is 3. The van der Waals surface area contributed by atoms with Crippen LogP contribution >= 0.6 is 11.8 Å². The first-order valence-corrected chi connectivity index (χ1v) is 11.7. The van der Waals surface area contributed by atoms with Gasteiger partial charge in [0.05, 0.1) is 12.2 Å². The zero-order valence-corrected chi connectivity index (χ0v) is 19.0. The molecule has 1 fully saturated rings. The van der Waals surface area contributed by atoms with Crippen LogP contribution in [0.5, 0.6) is 0 Å². The van der Waals surface area contributed by atoms with Crippen LogP contribution in [0.2, 0.25) is 0 Å². The van der Waals surface area contributed by atoms with Crippen molar-refractivity contribution in [2.24, 2.45) is 0 Å². The van der Waals surface area contributed by atoms with Gasteiger partial charge in [-0.2, -0.15) is 0 Å². The van der Waals surface area contributed by atoms with Gasteiger partial charge in [-0.05, 0) is 43.2 Å². The number of hydrogen-bond donors (Lipinski definition) is 1. The smallest absolute Gasteiger partial charge is 0.308 e. The molecule has 2 aliphatic rings. The molecule has 2 aliphatic heterocycles. The topological polar surface area (TPSA) is 52.7 Å². The van der Waals surface area contributed by atoms with Gasteiger partial charge in [-0.1, -0.05) is 60.2 Å². The number of carbonyl (C=O) groups is 2. The Balaban J connectivity index is 1.51. The van der Waals surface area contributed by atoms with Gasteiger partial charge >= 0.3 is 6.03 Å². The first-order chi connectivity index (χ1) is 15.5. The number of aryl methyl sites for hydroxylation is 2. The molecule has 0 bridgehead atoms. The van der Waals surface area contributed by atoms with Crippen molar-refractivity contribution in [1.82, 2.24) is 4.90 Å². The molecule has 1 N–H and O–H groups in total. The number of urea groups is 1. The second-order valence-corrected chi connectivity index (χ2v) is 9.56. The number of thioether (sulfide) groups is 1. The fourth-order valence-corrected chi connectivity index (χ4v) is 5.97. The predicted octanol–water partition coefficient (Wildman–Crippen LogP) is 5.28. The summed E-state index contributed by atoms with van der Waals surface area (Å²) in [6, 6.07) is 23.4. The van der Waals surface area contributed by atoms with Crippen LogP contribution in [0.3, 0.4) is 0 Å². The van der Waals surface area contributed by atoms with E-state index in [0.29, 0.717) is 18.8 Å². The highest BCUT2D eigenvalue weighted by Gasteiger charge is 2.59. The molecule has 1 spiro atoms. The molecule has 1 unspecified atom stereocenters. The minimum absolute atomic E-state index is 0.0523. The monoisotopic (exact) mass is 443 g/mol. The molecule has 2 heterocycles. The largest absolute Gasteiger partial charge is 0.323 e. The summed E-state index contributed by atoms with van der Waals surface area (Å²) in [6.07, 6.45) is 0. The third-order valence-corrected chi connectivity index (χ3v) is 7.66. The lowest BCUT2D eigenvalue weighted by Crippen LogP contribution is -2.51. The fourth-order valence-electron chi connectivity index (χ4n) is 4.51. The van der Waals surface area contributed by atoms with Gasteiger partial charge in [0, 0.05) is 23.5 Å². The number of benzene rings is 3. The highest BCUT2D eigenvalue weighted by molar-refractivity contribution is 8.01. The van der Waals surface area contributed by atoms with Gasteiger partial charge in [0.1, 0.15) is 0 Å². The number of para-hydroxylation sites is 1. The number of anilines is 2. The van der Waals surface area contributed by atoms with Gasteiger partial charge in [0.25, 0.3) is 5.91 Å². The Morgan fingerprint density at radius 3 is 2.50 bits per heavy atom. The highest BCUT2D eigenvalue weighted by Crippen LogP contribution is 2.54. The Labute approximate surface area is 192 Å². The predicted molar refractivity (Wildman–Crippen MR) is 130 cm³/mol. The minimum Gasteiger partial charge on any atom is -0.308 e. The third kappa shape index (κ3) is 3.26. The van der Waals surface area contributed by atoms with E-state index in [1.807, 2.05) is 72.5 Å². The van der Waals surface area contributed by atoms with Crippen molar-refractivity contribution in [3.8, 4) is 0 Å². The van der Waals surface area contributed by atoms with Gasteiger partial charge in [-0.25, -0.2) is 4.79 Å². The molecule has 5 rings (SSSR count). The molecular weight excluding hydrogens is 418 g/mol. The van der Waals surface area contributed by atoms with E-state index in [-0.39, 0.29) is 11.9 Å². The average Bonchev–Trinajstić information content (AvgIpc) is 3.34. The van der Waals surface area contributed by atoms with Crippen molar-refractivity contribution in [2.45, 2.75) is 25.3 Å². The van der Waals surface area contributed by atoms with Crippen LogP contribution in [-0.2, 0) is 16.2 Å². The normalized spacial score (nSPS) is 19.5. The molecular formula is C26H25N3O2S. The molecule has 0 aliphatic carbocycles. The van der Waals surface area contributed by atoms with Crippen molar-refractivity contribution in [3.05, 3.63) is 95.1 Å². The van der Waals surface area contributed by atoms with E-state index < -0.39 is 4.87 Å². The Morgan fingerprint density at radius 2 is 1.72 bits per heavy atom. The Kier molecular flexibility index (Phi) is 5.18. The van der Waals surface area contributed by atoms with E-state index in [1.165, 1.54) is 0 Å². The summed E-state index contributed by atoms with van der Waals surface area (Å²) in [5.74, 6) is 0.656. The SMILES string of the molecule is Cc1ccc(NC(=O)N2CCSC23C(=O)N(Cc2ccccc2C)c2ccccc23)cc1. The third-order valence-electron chi connectivity index (χ3n) is 6.24. The van der Waals surface area contributed by atoms with Gasteiger partial charge < -0.3 is 10.2 Å². The van der Waals surface area contributed by atoms with Gasteiger partial charge in [0.2, 0.25) is 0 Å². The quantitative estimate of drug-likeness (QED) is 0.599. The molecule has 3 aromatic rings. The summed E-state index contributed by atoms with van der Waals surface area (Å²) in [5.41, 5.74) is 5.87. The van der Waals surface area contributed by atoms with E-state index in [9.17, 15) is 9.59 Å². The second kappa shape index (κ2) is 8.02. The molecule has 0 radical (unpaired) electrons. The van der Waals surface area contributed by atoms with E-state index in [2.05, 4.69) is 24.4 Å². The molecule has 162 valence electrons. The second-order valence-electron chi connectivity index (χ2n) is 8.28. The molecule has 0 aromatic heterocycles. The molecule has 0 saturated carbocycles. The number of rotatable bonds is 3. The maximum Gasteiger partial charge on any atom is 0.323 e. The van der Waals surface area contributed by atoms with Crippen LogP contribution in [0.15, 0.2) is 72.8 Å². The van der Waals surface area contributed by atoms with Crippen molar-refractivity contribution < 1.29 is 9.59 Å². The Morgan fingerprint density at radius 1 is 1.00 bits per heavy atom. The molecule has 3 aromatic carbocycles. The standard InChI is InChI=1S/C26H25N3O2S/c1-18-11-13-21(14-12-18)27-25(31)29-15-16-32-26(29)22-9-5-6-10-23(22)28(24(26)30)17-20-8-4-3-7-19(20)2/h3-14H,15-17H2,1-2H3,(H,27,31). The molecule has 3 amide bonds. The lowest BCUT2D eigenvalue weighted by molar-refractivity contribution is -0.123. The minimum atomic E-state index is -1.03. The summed E-state index contributed by atoms with van der Waals surface area (Å²) in [4.78, 5) is 29.9. The average molecular weight is 444 g/mol. The van der Waals surface area contributed by atoms with E-state index in [4.69, 9.17) is 0 Å². The maximum absolute atomic E-state index is 14.0. The molecule has 32 heavy (non-hydrogen) atoms. The van der Waals surface area contributed by atoms with Gasteiger partial charge in [0.15, 0.2) is 4.87 Å². The zero-order chi connectivity index (χ0) is 22.3. The van der Waals surface area contributed by atoms with Crippen molar-refractivity contribution in [2.75, 3.05) is 22.5 Å². The van der Waals surface area contributed by atoms with Crippen LogP contribution in [0.25, 0.3) is 0 Å². The summed E-state index contributed by atoms with van der Waals surface area (Å²) in [6.45, 7) is 5.07. The summed E-state index contributed by atoms with van der Waals surface area (Å²) >= 11 is 1.54. The van der Waals surface area contributed by atoms with E-state index in [0.717, 1.165) is 33.6 Å². The molecule has 1 atom stereocenters. The van der Waals surface area contributed by atoms with E-state index >= 15 is 0 Å². The fraction of sp³-hybridized carbons (Fsp3) is 0.231. The number of carbonyl (C=O) groups excluding carboxylic acids is 2. The Hall–Kier alpha value is -3.25. The molecule has 1 saturated heterocycles. The molecule has 5 nitrogen and oxygen atoms in total. The highest BCUT2D eigenvalue weighted by atomic mass is 32.2. The van der Waals surface area contributed by atoms with Crippen LogP contribution in [0, 0.1) is 13.8 Å².